The highest BCUT2D eigenvalue weighted by molar-refractivity contribution is 9.10. The van der Waals surface area contributed by atoms with E-state index < -0.39 is 0 Å². The molecule has 0 aliphatic heterocycles. The number of ketones is 1. The van der Waals surface area contributed by atoms with Crippen LogP contribution in [0.25, 0.3) is 0 Å². The van der Waals surface area contributed by atoms with Gasteiger partial charge >= 0.3 is 0 Å². The SMILES string of the molecule is O=C(CCc1ccncc1)Cn1ncc(NC23CC4CC(CC2C4)C3)c(Br)c1=O. The number of carbonyl (C=O) groups is 1. The zero-order valence-corrected chi connectivity index (χ0v) is 17.9. The van der Waals surface area contributed by atoms with E-state index >= 15 is 0 Å². The van der Waals surface area contributed by atoms with Crippen molar-refractivity contribution < 1.29 is 4.79 Å². The van der Waals surface area contributed by atoms with Crippen molar-refractivity contribution in [3.63, 3.8) is 0 Å². The largest absolute Gasteiger partial charge is 0.377 e. The fourth-order valence-corrected chi connectivity index (χ4v) is 6.42. The van der Waals surface area contributed by atoms with Gasteiger partial charge in [0.25, 0.3) is 5.56 Å². The van der Waals surface area contributed by atoms with Gasteiger partial charge in [-0.2, -0.15) is 5.10 Å². The number of carbonyl (C=O) groups excluding carboxylic acids is 1. The number of Topliss-reactive ketones (excluding diaryl/α,β-unsaturated/α-hetero) is 1. The molecule has 4 fully saturated rings. The first-order chi connectivity index (χ1) is 14.0. The molecule has 2 aromatic heterocycles. The van der Waals surface area contributed by atoms with Crippen LogP contribution in [0.5, 0.6) is 0 Å². The lowest BCUT2D eigenvalue weighted by molar-refractivity contribution is -0.119. The maximum absolute atomic E-state index is 12.8. The molecule has 4 aliphatic carbocycles. The van der Waals surface area contributed by atoms with Gasteiger partial charge in [-0.25, -0.2) is 4.68 Å². The van der Waals surface area contributed by atoms with E-state index in [4.69, 9.17) is 0 Å². The van der Waals surface area contributed by atoms with Crippen molar-refractivity contribution in [3.05, 3.63) is 51.1 Å². The summed E-state index contributed by atoms with van der Waals surface area (Å²) in [5, 5.41) is 8.00. The van der Waals surface area contributed by atoms with Crippen LogP contribution < -0.4 is 10.9 Å². The second-order valence-corrected chi connectivity index (χ2v) is 9.85. The molecule has 4 aliphatic rings. The van der Waals surface area contributed by atoms with Crippen LogP contribution in [0.15, 0.2) is 40.0 Å². The number of nitrogens with zero attached hydrogens (tertiary/aromatic N) is 3. The molecule has 0 radical (unpaired) electrons. The molecule has 0 saturated heterocycles. The maximum atomic E-state index is 12.8. The first-order valence-electron chi connectivity index (χ1n) is 10.5. The predicted molar refractivity (Wildman–Crippen MR) is 114 cm³/mol. The Labute approximate surface area is 178 Å². The van der Waals surface area contributed by atoms with Gasteiger partial charge in [-0.05, 0) is 89.9 Å². The minimum atomic E-state index is -0.249. The van der Waals surface area contributed by atoms with Gasteiger partial charge in [-0.1, -0.05) is 0 Å². The standard InChI is InChI=1S/C22H25BrN4O2/c23-20-19(26-22-10-15-7-16(11-22)9-17(22)8-15)12-25-27(21(20)29)13-18(28)2-1-14-3-5-24-6-4-14/h3-6,12,15-17,26H,1-2,7-11,13H2. The molecular weight excluding hydrogens is 432 g/mol. The number of hydrogen-bond donors (Lipinski definition) is 1. The third-order valence-corrected chi connectivity index (χ3v) is 7.89. The highest BCUT2D eigenvalue weighted by Crippen LogP contribution is 2.61. The molecule has 1 N–H and O–H groups in total. The van der Waals surface area contributed by atoms with Gasteiger partial charge in [0.1, 0.15) is 11.0 Å². The second kappa shape index (κ2) is 7.35. The Balaban J connectivity index is 1.26. The molecule has 6 rings (SSSR count). The van der Waals surface area contributed by atoms with E-state index in [0.29, 0.717) is 17.3 Å². The number of aromatic nitrogens is 3. The quantitative estimate of drug-likeness (QED) is 0.688. The minimum absolute atomic E-state index is 0.000707. The number of nitrogens with one attached hydrogen (secondary N) is 1. The van der Waals surface area contributed by atoms with Crippen LogP contribution in [0.4, 0.5) is 5.69 Å². The number of rotatable bonds is 7. The van der Waals surface area contributed by atoms with Gasteiger partial charge in [0.05, 0.1) is 11.9 Å². The van der Waals surface area contributed by atoms with Crippen LogP contribution in [0.1, 0.15) is 44.1 Å². The molecule has 2 atom stereocenters. The van der Waals surface area contributed by atoms with Crippen molar-refractivity contribution in [2.24, 2.45) is 17.8 Å². The second-order valence-electron chi connectivity index (χ2n) is 9.05. The number of aryl methyl sites for hydroxylation is 1. The third kappa shape index (κ3) is 3.54. The van der Waals surface area contributed by atoms with Crippen molar-refractivity contribution in [1.29, 1.82) is 0 Å². The molecule has 0 amide bonds. The van der Waals surface area contributed by atoms with Gasteiger partial charge in [0.15, 0.2) is 5.78 Å². The fraction of sp³-hybridized carbons (Fsp3) is 0.545. The Hall–Kier alpha value is -2.02. The summed E-state index contributed by atoms with van der Waals surface area (Å²) in [4.78, 5) is 29.1. The van der Waals surface area contributed by atoms with E-state index in [0.717, 1.165) is 29.0 Å². The molecule has 2 aromatic rings. The van der Waals surface area contributed by atoms with E-state index in [1.165, 1.54) is 36.8 Å². The molecular formula is C22H25BrN4O2. The summed E-state index contributed by atoms with van der Waals surface area (Å²) in [6.07, 6.45) is 12.6. The Bertz CT molecular complexity index is 976. The highest BCUT2D eigenvalue weighted by atomic mass is 79.9. The lowest BCUT2D eigenvalue weighted by Crippen LogP contribution is -2.40. The fourth-order valence-electron chi connectivity index (χ4n) is 6.01. The van der Waals surface area contributed by atoms with Crippen molar-refractivity contribution >= 4 is 27.4 Å². The number of halogens is 1. The zero-order valence-electron chi connectivity index (χ0n) is 16.3. The molecule has 0 spiro atoms. The summed E-state index contributed by atoms with van der Waals surface area (Å²) >= 11 is 3.47. The first-order valence-corrected chi connectivity index (χ1v) is 11.3. The van der Waals surface area contributed by atoms with Crippen LogP contribution >= 0.6 is 15.9 Å². The number of hydrogen-bond acceptors (Lipinski definition) is 5. The van der Waals surface area contributed by atoms with E-state index in [1.54, 1.807) is 18.6 Å². The normalized spacial score (nSPS) is 29.3. The summed E-state index contributed by atoms with van der Waals surface area (Å²) in [5.74, 6) is 2.39. The van der Waals surface area contributed by atoms with E-state index in [9.17, 15) is 9.59 Å². The predicted octanol–water partition coefficient (Wildman–Crippen LogP) is 3.59. The van der Waals surface area contributed by atoms with Crippen molar-refractivity contribution in [3.8, 4) is 0 Å². The molecule has 6 nitrogen and oxygen atoms in total. The summed E-state index contributed by atoms with van der Waals surface area (Å²) in [6.45, 7) is 0.000707. The molecule has 4 bridgehead atoms. The Kier molecular flexibility index (Phi) is 4.81. The van der Waals surface area contributed by atoms with Crippen molar-refractivity contribution in [1.82, 2.24) is 14.8 Å². The first kappa shape index (κ1) is 19.0. The summed E-state index contributed by atoms with van der Waals surface area (Å²) < 4.78 is 1.75. The van der Waals surface area contributed by atoms with Gasteiger partial charge in [-0.3, -0.25) is 14.6 Å². The highest BCUT2D eigenvalue weighted by Gasteiger charge is 2.57. The lowest BCUT2D eigenvalue weighted by Gasteiger charge is -2.35. The zero-order chi connectivity index (χ0) is 20.0. The average molecular weight is 457 g/mol. The van der Waals surface area contributed by atoms with Crippen LogP contribution in [-0.2, 0) is 17.8 Å². The van der Waals surface area contributed by atoms with Gasteiger partial charge in [0.2, 0.25) is 0 Å². The van der Waals surface area contributed by atoms with E-state index in [2.05, 4.69) is 31.3 Å². The summed E-state index contributed by atoms with van der Waals surface area (Å²) in [6, 6.07) is 3.80. The van der Waals surface area contributed by atoms with Crippen LogP contribution in [0, 0.1) is 17.8 Å². The lowest BCUT2D eigenvalue weighted by atomic mass is 9.80. The molecule has 4 saturated carbocycles. The average Bonchev–Trinajstić information content (AvgIpc) is 3.10. The topological polar surface area (TPSA) is 76.9 Å². The third-order valence-electron chi connectivity index (χ3n) is 7.13. The molecule has 152 valence electrons. The minimum Gasteiger partial charge on any atom is -0.377 e. The van der Waals surface area contributed by atoms with E-state index in [-0.39, 0.29) is 23.4 Å². The molecule has 29 heavy (non-hydrogen) atoms. The Morgan fingerprint density at radius 2 is 1.93 bits per heavy atom. The van der Waals surface area contributed by atoms with Crippen LogP contribution in [0.3, 0.4) is 0 Å². The van der Waals surface area contributed by atoms with Crippen molar-refractivity contribution in [2.75, 3.05) is 5.32 Å². The smallest absolute Gasteiger partial charge is 0.283 e. The maximum Gasteiger partial charge on any atom is 0.283 e. The molecule has 0 aromatic carbocycles. The Morgan fingerprint density at radius 1 is 1.21 bits per heavy atom. The number of pyridine rings is 1. The molecule has 2 heterocycles. The number of anilines is 1. The summed E-state index contributed by atoms with van der Waals surface area (Å²) in [5.41, 5.74) is 1.72. The molecule has 2 unspecified atom stereocenters. The van der Waals surface area contributed by atoms with Gasteiger partial charge in [-0.15, -0.1) is 0 Å². The molecule has 7 heteroatoms. The van der Waals surface area contributed by atoms with Gasteiger partial charge in [0, 0.05) is 24.4 Å². The van der Waals surface area contributed by atoms with Crippen molar-refractivity contribution in [2.45, 2.75) is 57.0 Å². The van der Waals surface area contributed by atoms with Crippen LogP contribution in [0.2, 0.25) is 0 Å². The Morgan fingerprint density at radius 3 is 2.66 bits per heavy atom. The monoisotopic (exact) mass is 456 g/mol. The van der Waals surface area contributed by atoms with Crippen LogP contribution in [-0.4, -0.2) is 26.1 Å². The van der Waals surface area contributed by atoms with E-state index in [1.807, 2.05) is 12.1 Å². The van der Waals surface area contributed by atoms with Gasteiger partial charge < -0.3 is 5.32 Å². The summed E-state index contributed by atoms with van der Waals surface area (Å²) in [7, 11) is 0.